The summed E-state index contributed by atoms with van der Waals surface area (Å²) in [6, 6.07) is 0.620. The van der Waals surface area contributed by atoms with Crippen LogP contribution in [0.3, 0.4) is 0 Å². The Balaban J connectivity index is 1.76. The van der Waals surface area contributed by atoms with E-state index in [0.29, 0.717) is 12.1 Å². The maximum Gasteiger partial charge on any atom is 0.185 e. The molecule has 13 heavy (non-hydrogen) atoms. The van der Waals surface area contributed by atoms with Crippen LogP contribution in [0.25, 0.3) is 0 Å². The number of hydrogen-bond acceptors (Lipinski definition) is 3. The van der Waals surface area contributed by atoms with Gasteiger partial charge in [-0.2, -0.15) is 0 Å². The molecule has 0 saturated carbocycles. The zero-order valence-electron chi connectivity index (χ0n) is 8.25. The molecule has 74 valence electrons. The van der Waals surface area contributed by atoms with E-state index in [2.05, 4.69) is 17.2 Å². The second kappa shape index (κ2) is 4.09. The summed E-state index contributed by atoms with van der Waals surface area (Å²) in [6.07, 6.45) is 5.01. The molecule has 2 aliphatic heterocycles. The summed E-state index contributed by atoms with van der Waals surface area (Å²) in [5.74, 6) is 0.978. The highest BCUT2D eigenvalue weighted by atomic mass is 16.5. The maximum absolute atomic E-state index is 5.68. The number of hydrogen-bond donors (Lipinski definition) is 1. The predicted molar refractivity (Wildman–Crippen MR) is 53.1 cm³/mol. The van der Waals surface area contributed by atoms with Crippen molar-refractivity contribution in [3.63, 3.8) is 0 Å². The van der Waals surface area contributed by atoms with Gasteiger partial charge in [-0.1, -0.05) is 6.92 Å². The average molecular weight is 182 g/mol. The molecule has 3 nitrogen and oxygen atoms in total. The van der Waals surface area contributed by atoms with Crippen LogP contribution >= 0.6 is 0 Å². The second-order valence-electron chi connectivity index (χ2n) is 3.88. The Morgan fingerprint density at radius 1 is 1.62 bits per heavy atom. The van der Waals surface area contributed by atoms with Gasteiger partial charge in [0.05, 0.1) is 6.54 Å². The first-order valence-electron chi connectivity index (χ1n) is 5.32. The molecule has 2 unspecified atom stereocenters. The minimum absolute atomic E-state index is 0.358. The Morgan fingerprint density at radius 3 is 3.15 bits per heavy atom. The van der Waals surface area contributed by atoms with Gasteiger partial charge in [0.15, 0.2) is 5.90 Å². The van der Waals surface area contributed by atoms with Crippen LogP contribution in [0.15, 0.2) is 4.99 Å². The van der Waals surface area contributed by atoms with E-state index in [1.165, 1.54) is 12.8 Å². The predicted octanol–water partition coefficient (Wildman–Crippen LogP) is 1.34. The van der Waals surface area contributed by atoms with E-state index in [1.54, 1.807) is 0 Å². The Bertz CT molecular complexity index is 197. The summed E-state index contributed by atoms with van der Waals surface area (Å²) in [6.45, 7) is 4.19. The van der Waals surface area contributed by atoms with Crippen molar-refractivity contribution >= 4 is 5.90 Å². The molecule has 2 atom stereocenters. The summed E-state index contributed by atoms with van der Waals surface area (Å²) in [7, 11) is 0. The summed E-state index contributed by atoms with van der Waals surface area (Å²) in [5.41, 5.74) is 0. The highest BCUT2D eigenvalue weighted by Crippen LogP contribution is 2.15. The number of nitrogens with zero attached hydrogens (tertiary/aromatic N) is 1. The molecular weight excluding hydrogens is 164 g/mol. The zero-order chi connectivity index (χ0) is 9.10. The van der Waals surface area contributed by atoms with Gasteiger partial charge < -0.3 is 10.1 Å². The Kier molecular flexibility index (Phi) is 2.83. The van der Waals surface area contributed by atoms with Gasteiger partial charge in [0, 0.05) is 12.5 Å². The maximum atomic E-state index is 5.68. The van der Waals surface area contributed by atoms with Crippen LogP contribution in [0.2, 0.25) is 0 Å². The van der Waals surface area contributed by atoms with Crippen molar-refractivity contribution < 1.29 is 4.74 Å². The Morgan fingerprint density at radius 2 is 2.54 bits per heavy atom. The molecule has 0 aromatic rings. The van der Waals surface area contributed by atoms with Gasteiger partial charge in [-0.25, -0.2) is 0 Å². The monoisotopic (exact) mass is 182 g/mol. The van der Waals surface area contributed by atoms with Crippen molar-refractivity contribution in [2.45, 2.75) is 44.8 Å². The molecule has 0 spiro atoms. The fourth-order valence-electron chi connectivity index (χ4n) is 1.94. The molecule has 0 bridgehead atoms. The molecule has 0 aromatic heterocycles. The van der Waals surface area contributed by atoms with Crippen molar-refractivity contribution in [1.29, 1.82) is 0 Å². The highest BCUT2D eigenvalue weighted by molar-refractivity contribution is 5.78. The van der Waals surface area contributed by atoms with Crippen molar-refractivity contribution in [2.75, 3.05) is 13.1 Å². The van der Waals surface area contributed by atoms with E-state index < -0.39 is 0 Å². The molecule has 0 radical (unpaired) electrons. The quantitative estimate of drug-likeness (QED) is 0.714. The smallest absolute Gasteiger partial charge is 0.185 e. The van der Waals surface area contributed by atoms with E-state index in [9.17, 15) is 0 Å². The number of aliphatic imine (C=N–C) groups is 1. The Labute approximate surface area is 79.6 Å². The van der Waals surface area contributed by atoms with Gasteiger partial charge in [-0.15, -0.1) is 0 Å². The number of ether oxygens (including phenoxy) is 1. The lowest BCUT2D eigenvalue weighted by Gasteiger charge is -2.12. The first-order valence-corrected chi connectivity index (χ1v) is 5.32. The third kappa shape index (κ3) is 2.21. The van der Waals surface area contributed by atoms with Crippen molar-refractivity contribution in [3.05, 3.63) is 0 Å². The van der Waals surface area contributed by atoms with E-state index in [-0.39, 0.29) is 0 Å². The second-order valence-corrected chi connectivity index (χ2v) is 3.88. The largest absolute Gasteiger partial charge is 0.476 e. The van der Waals surface area contributed by atoms with Crippen LogP contribution in [0.4, 0.5) is 0 Å². The molecule has 0 aliphatic carbocycles. The van der Waals surface area contributed by atoms with Gasteiger partial charge in [0.2, 0.25) is 0 Å². The summed E-state index contributed by atoms with van der Waals surface area (Å²) < 4.78 is 5.68. The van der Waals surface area contributed by atoms with Crippen LogP contribution in [-0.4, -0.2) is 31.1 Å². The topological polar surface area (TPSA) is 33.6 Å². The normalized spacial score (nSPS) is 33.2. The zero-order valence-corrected chi connectivity index (χ0v) is 8.25. The van der Waals surface area contributed by atoms with Gasteiger partial charge >= 0.3 is 0 Å². The fourth-order valence-corrected chi connectivity index (χ4v) is 1.94. The van der Waals surface area contributed by atoms with Gasteiger partial charge in [0.25, 0.3) is 0 Å². The molecule has 0 aromatic carbocycles. The molecule has 1 N–H and O–H groups in total. The minimum atomic E-state index is 0.358. The SMILES string of the molecule is CCC1CN=C(CC2CCCN2)O1. The van der Waals surface area contributed by atoms with E-state index in [1.807, 2.05) is 0 Å². The molecule has 1 saturated heterocycles. The highest BCUT2D eigenvalue weighted by Gasteiger charge is 2.22. The van der Waals surface area contributed by atoms with Crippen LogP contribution in [0.1, 0.15) is 32.6 Å². The molecule has 0 amide bonds. The number of rotatable bonds is 3. The molecule has 2 aliphatic rings. The average Bonchev–Trinajstić information content (AvgIpc) is 2.76. The van der Waals surface area contributed by atoms with E-state index >= 15 is 0 Å². The van der Waals surface area contributed by atoms with Crippen LogP contribution in [0.5, 0.6) is 0 Å². The van der Waals surface area contributed by atoms with Crippen molar-refractivity contribution in [1.82, 2.24) is 5.32 Å². The molecular formula is C10H18N2O. The molecule has 1 fully saturated rings. The number of nitrogens with one attached hydrogen (secondary N) is 1. The van der Waals surface area contributed by atoms with Crippen LogP contribution in [0, 0.1) is 0 Å². The van der Waals surface area contributed by atoms with Gasteiger partial charge in [-0.3, -0.25) is 4.99 Å². The first kappa shape index (κ1) is 9.00. The van der Waals surface area contributed by atoms with Crippen LogP contribution < -0.4 is 5.32 Å². The van der Waals surface area contributed by atoms with E-state index in [0.717, 1.165) is 31.8 Å². The lowest BCUT2D eigenvalue weighted by molar-refractivity contribution is 0.212. The summed E-state index contributed by atoms with van der Waals surface area (Å²) in [4.78, 5) is 4.41. The van der Waals surface area contributed by atoms with Gasteiger partial charge in [0.1, 0.15) is 6.10 Å². The standard InChI is InChI=1S/C10H18N2O/c1-2-9-7-12-10(13-9)6-8-4-3-5-11-8/h8-9,11H,2-7H2,1H3. The van der Waals surface area contributed by atoms with Gasteiger partial charge in [-0.05, 0) is 25.8 Å². The summed E-state index contributed by atoms with van der Waals surface area (Å²) >= 11 is 0. The lowest BCUT2D eigenvalue weighted by Crippen LogP contribution is -2.25. The lowest BCUT2D eigenvalue weighted by atomic mass is 10.1. The van der Waals surface area contributed by atoms with E-state index in [4.69, 9.17) is 4.74 Å². The molecule has 2 rings (SSSR count). The molecule has 2 heterocycles. The third-order valence-electron chi connectivity index (χ3n) is 2.81. The van der Waals surface area contributed by atoms with Crippen molar-refractivity contribution in [3.8, 4) is 0 Å². The van der Waals surface area contributed by atoms with Crippen molar-refractivity contribution in [2.24, 2.45) is 4.99 Å². The first-order chi connectivity index (χ1) is 6.38. The Hall–Kier alpha value is -0.570. The van der Waals surface area contributed by atoms with Crippen LogP contribution in [-0.2, 0) is 4.74 Å². The molecule has 3 heteroatoms. The summed E-state index contributed by atoms with van der Waals surface area (Å²) in [5, 5.41) is 3.46. The third-order valence-corrected chi connectivity index (χ3v) is 2.81. The fraction of sp³-hybridized carbons (Fsp3) is 0.900. The minimum Gasteiger partial charge on any atom is -0.476 e.